The highest BCUT2D eigenvalue weighted by molar-refractivity contribution is 5.84. The van der Waals surface area contributed by atoms with Gasteiger partial charge in [0.25, 0.3) is 0 Å². The molecule has 1 N–H and O–H groups in total. The number of halogens is 2. The first-order valence-electron chi connectivity index (χ1n) is 9.74. The molecular weight excluding hydrogens is 360 g/mol. The Morgan fingerprint density at radius 1 is 1.11 bits per heavy atom. The fourth-order valence-electron chi connectivity index (χ4n) is 3.52. The predicted octanol–water partition coefficient (Wildman–Crippen LogP) is 4.85. The van der Waals surface area contributed by atoms with E-state index in [0.29, 0.717) is 5.69 Å². The number of rotatable bonds is 2. The van der Waals surface area contributed by atoms with Gasteiger partial charge < -0.3 is 10.0 Å². The van der Waals surface area contributed by atoms with Gasteiger partial charge >= 0.3 is 0 Å². The molecule has 0 bridgehead atoms. The molecule has 1 fully saturated rings. The summed E-state index contributed by atoms with van der Waals surface area (Å²) >= 11 is 0. The van der Waals surface area contributed by atoms with Gasteiger partial charge in [-0.05, 0) is 62.4 Å². The van der Waals surface area contributed by atoms with Crippen LogP contribution >= 0.6 is 0 Å². The fourth-order valence-corrected chi connectivity index (χ4v) is 3.52. The standard InChI is InChI=1S/C20H21F2N3.C2H6O/c1-13-5-7-24(8-6-13)16-3-4-19-15(10-16)12-23-25(19)17-9-14(2)20(22)18(21)11-17;1-2-3/h3-4,9-13H,5-8H2,1-2H3;3H,2H2,1H3. The number of fused-ring (bicyclic) bond motifs is 1. The molecule has 6 heteroatoms. The lowest BCUT2D eigenvalue weighted by Crippen LogP contribution is -2.32. The zero-order valence-corrected chi connectivity index (χ0v) is 16.6. The van der Waals surface area contributed by atoms with Crippen LogP contribution in [0.25, 0.3) is 16.6 Å². The molecule has 0 atom stereocenters. The molecule has 0 unspecified atom stereocenters. The van der Waals surface area contributed by atoms with Gasteiger partial charge in [0.1, 0.15) is 0 Å². The van der Waals surface area contributed by atoms with Crippen LogP contribution in [0.4, 0.5) is 14.5 Å². The number of piperidine rings is 1. The van der Waals surface area contributed by atoms with E-state index in [-0.39, 0.29) is 12.2 Å². The minimum absolute atomic E-state index is 0.250. The zero-order chi connectivity index (χ0) is 20.3. The summed E-state index contributed by atoms with van der Waals surface area (Å²) < 4.78 is 28.9. The van der Waals surface area contributed by atoms with Gasteiger partial charge in [-0.2, -0.15) is 5.10 Å². The van der Waals surface area contributed by atoms with Crippen LogP contribution in [0.3, 0.4) is 0 Å². The first kappa shape index (κ1) is 20.3. The van der Waals surface area contributed by atoms with Crippen molar-refractivity contribution in [3.05, 3.63) is 53.7 Å². The maximum atomic E-state index is 13.7. The van der Waals surface area contributed by atoms with Crippen LogP contribution in [0.5, 0.6) is 0 Å². The Bertz CT molecular complexity index is 923. The van der Waals surface area contributed by atoms with Gasteiger partial charge in [-0.15, -0.1) is 0 Å². The molecule has 0 spiro atoms. The average Bonchev–Trinajstić information content (AvgIpc) is 3.10. The maximum absolute atomic E-state index is 13.7. The van der Waals surface area contributed by atoms with Gasteiger partial charge in [0.2, 0.25) is 0 Å². The van der Waals surface area contributed by atoms with Crippen molar-refractivity contribution < 1.29 is 13.9 Å². The van der Waals surface area contributed by atoms with Crippen molar-refractivity contribution in [2.24, 2.45) is 5.92 Å². The monoisotopic (exact) mass is 387 g/mol. The van der Waals surface area contributed by atoms with Gasteiger partial charge in [0.05, 0.1) is 17.4 Å². The third-order valence-corrected chi connectivity index (χ3v) is 5.14. The van der Waals surface area contributed by atoms with E-state index in [4.69, 9.17) is 5.11 Å². The number of aliphatic hydroxyl groups is 1. The van der Waals surface area contributed by atoms with Crippen molar-refractivity contribution in [2.45, 2.75) is 33.6 Å². The quantitative estimate of drug-likeness (QED) is 0.684. The lowest BCUT2D eigenvalue weighted by molar-refractivity contribution is 0.318. The molecule has 4 rings (SSSR count). The Morgan fingerprint density at radius 2 is 1.79 bits per heavy atom. The van der Waals surface area contributed by atoms with Crippen LogP contribution in [0.15, 0.2) is 36.5 Å². The highest BCUT2D eigenvalue weighted by Gasteiger charge is 2.17. The fraction of sp³-hybridized carbons (Fsp3) is 0.409. The van der Waals surface area contributed by atoms with E-state index in [1.807, 2.05) is 6.07 Å². The van der Waals surface area contributed by atoms with Gasteiger partial charge in [-0.1, -0.05) is 6.92 Å². The Kier molecular flexibility index (Phi) is 6.29. The zero-order valence-electron chi connectivity index (χ0n) is 16.6. The Morgan fingerprint density at radius 3 is 2.43 bits per heavy atom. The van der Waals surface area contributed by atoms with Crippen molar-refractivity contribution in [3.8, 4) is 5.69 Å². The normalized spacial score (nSPS) is 14.9. The number of nitrogens with zero attached hydrogens (tertiary/aromatic N) is 3. The number of aliphatic hydroxyl groups excluding tert-OH is 1. The highest BCUT2D eigenvalue weighted by atomic mass is 19.2. The molecule has 0 radical (unpaired) electrons. The molecule has 4 nitrogen and oxygen atoms in total. The average molecular weight is 387 g/mol. The minimum Gasteiger partial charge on any atom is -0.397 e. The third-order valence-electron chi connectivity index (χ3n) is 5.14. The summed E-state index contributed by atoms with van der Waals surface area (Å²) in [5, 5.41) is 13.0. The Hall–Kier alpha value is -2.47. The van der Waals surface area contributed by atoms with Crippen molar-refractivity contribution in [3.63, 3.8) is 0 Å². The van der Waals surface area contributed by atoms with Crippen molar-refractivity contribution in [1.29, 1.82) is 0 Å². The largest absolute Gasteiger partial charge is 0.397 e. The van der Waals surface area contributed by atoms with Crippen LogP contribution in [0.1, 0.15) is 32.3 Å². The third kappa shape index (κ3) is 4.17. The second-order valence-corrected chi connectivity index (χ2v) is 7.34. The molecule has 28 heavy (non-hydrogen) atoms. The van der Waals surface area contributed by atoms with E-state index in [0.717, 1.165) is 29.9 Å². The number of aryl methyl sites for hydroxylation is 1. The number of anilines is 1. The van der Waals surface area contributed by atoms with Crippen LogP contribution < -0.4 is 4.90 Å². The summed E-state index contributed by atoms with van der Waals surface area (Å²) in [6.07, 6.45) is 4.21. The molecule has 1 aliphatic heterocycles. The molecule has 1 aliphatic rings. The SMILES string of the molecule is CCO.Cc1cc(-n2ncc3cc(N4CCC(C)CC4)ccc32)cc(F)c1F. The second-order valence-electron chi connectivity index (χ2n) is 7.34. The van der Waals surface area contributed by atoms with E-state index in [2.05, 4.69) is 29.1 Å². The van der Waals surface area contributed by atoms with Crippen molar-refractivity contribution in [1.82, 2.24) is 9.78 Å². The van der Waals surface area contributed by atoms with E-state index in [1.165, 1.54) is 24.6 Å². The molecule has 2 heterocycles. The van der Waals surface area contributed by atoms with E-state index < -0.39 is 11.6 Å². The maximum Gasteiger partial charge on any atom is 0.161 e. The summed E-state index contributed by atoms with van der Waals surface area (Å²) in [6, 6.07) is 9.02. The minimum atomic E-state index is -0.849. The molecule has 0 saturated carbocycles. The lowest BCUT2D eigenvalue weighted by atomic mass is 9.99. The molecular formula is C22H27F2N3O. The Balaban J connectivity index is 0.000000706. The van der Waals surface area contributed by atoms with Crippen LogP contribution in [-0.2, 0) is 0 Å². The Labute approximate surface area is 164 Å². The van der Waals surface area contributed by atoms with E-state index in [1.54, 1.807) is 30.8 Å². The molecule has 0 amide bonds. The van der Waals surface area contributed by atoms with Gasteiger partial charge in [-0.25, -0.2) is 13.5 Å². The van der Waals surface area contributed by atoms with E-state index >= 15 is 0 Å². The topological polar surface area (TPSA) is 41.3 Å². The van der Waals surface area contributed by atoms with Gasteiger partial charge in [-0.3, -0.25) is 0 Å². The number of hydrogen-bond donors (Lipinski definition) is 1. The van der Waals surface area contributed by atoms with Crippen LogP contribution in [-0.4, -0.2) is 34.6 Å². The lowest BCUT2D eigenvalue weighted by Gasteiger charge is -2.32. The molecule has 3 aromatic rings. The summed E-state index contributed by atoms with van der Waals surface area (Å²) in [5.41, 5.74) is 2.89. The summed E-state index contributed by atoms with van der Waals surface area (Å²) in [7, 11) is 0. The summed E-state index contributed by atoms with van der Waals surface area (Å²) in [5.74, 6) is -0.862. The van der Waals surface area contributed by atoms with Crippen molar-refractivity contribution >= 4 is 16.6 Å². The summed E-state index contributed by atoms with van der Waals surface area (Å²) in [4.78, 5) is 2.40. The number of hydrogen-bond acceptors (Lipinski definition) is 3. The molecule has 2 aromatic carbocycles. The van der Waals surface area contributed by atoms with E-state index in [9.17, 15) is 8.78 Å². The molecule has 1 saturated heterocycles. The van der Waals surface area contributed by atoms with Gasteiger partial charge in [0.15, 0.2) is 11.6 Å². The van der Waals surface area contributed by atoms with Crippen molar-refractivity contribution in [2.75, 3.05) is 24.6 Å². The predicted molar refractivity (Wildman–Crippen MR) is 109 cm³/mol. The first-order valence-corrected chi connectivity index (χ1v) is 9.74. The molecule has 150 valence electrons. The molecule has 0 aliphatic carbocycles. The van der Waals surface area contributed by atoms with Gasteiger partial charge in [0, 0.05) is 36.8 Å². The van der Waals surface area contributed by atoms with Crippen LogP contribution in [0, 0.1) is 24.5 Å². The first-order chi connectivity index (χ1) is 13.4. The second kappa shape index (κ2) is 8.69. The highest BCUT2D eigenvalue weighted by Crippen LogP contribution is 2.28. The smallest absolute Gasteiger partial charge is 0.161 e. The van der Waals surface area contributed by atoms with Crippen LogP contribution in [0.2, 0.25) is 0 Å². The number of benzene rings is 2. The summed E-state index contributed by atoms with van der Waals surface area (Å²) in [6.45, 7) is 7.93. The molecule has 1 aromatic heterocycles. The number of aromatic nitrogens is 2.